The molecule has 1 amide bonds. The molecule has 0 aliphatic carbocycles. The van der Waals surface area contributed by atoms with Gasteiger partial charge in [0, 0.05) is 18.5 Å². The smallest absolute Gasteiger partial charge is 0.248 e. The van der Waals surface area contributed by atoms with Crippen molar-refractivity contribution in [1.82, 2.24) is 14.4 Å². The first-order valence-electron chi connectivity index (χ1n) is 9.45. The molecule has 1 fully saturated rings. The maximum Gasteiger partial charge on any atom is 0.248 e. The molecule has 29 heavy (non-hydrogen) atoms. The molecule has 1 N–H and O–H groups in total. The topological polar surface area (TPSA) is 105 Å². The molecule has 152 valence electrons. The van der Waals surface area contributed by atoms with Gasteiger partial charge in [0.25, 0.3) is 0 Å². The predicted octanol–water partition coefficient (Wildman–Crippen LogP) is 2.88. The lowest BCUT2D eigenvalue weighted by Crippen LogP contribution is -2.43. The summed E-state index contributed by atoms with van der Waals surface area (Å²) in [6, 6.07) is 9.51. The highest BCUT2D eigenvalue weighted by atomic mass is 32.2. The molecule has 0 radical (unpaired) electrons. The largest absolute Gasteiger partial charge is 0.360 e. The molecule has 3 aromatic rings. The van der Waals surface area contributed by atoms with Crippen molar-refractivity contribution in [3.05, 3.63) is 48.0 Å². The van der Waals surface area contributed by atoms with Crippen LogP contribution in [-0.2, 0) is 14.8 Å². The number of anilines is 1. The van der Waals surface area contributed by atoms with Crippen LogP contribution in [0.3, 0.4) is 0 Å². The van der Waals surface area contributed by atoms with E-state index in [4.69, 9.17) is 4.52 Å². The number of para-hydroxylation sites is 1. The molecule has 1 aliphatic heterocycles. The number of aromatic nitrogens is 2. The van der Waals surface area contributed by atoms with Gasteiger partial charge in [-0.1, -0.05) is 23.4 Å². The third-order valence-electron chi connectivity index (χ3n) is 5.18. The van der Waals surface area contributed by atoms with Crippen LogP contribution in [0, 0.1) is 19.8 Å². The molecule has 0 bridgehead atoms. The molecular formula is C20H22N4O4S. The maximum atomic E-state index is 13.0. The standard InChI is InChI=1S/C20H22N4O4S/c1-13-19(14(2)28-23-13)29(26,27)24-9-5-7-16(12-24)20(25)22-17-10-15-6-3-4-8-18(15)21-11-17/h3-4,6,8,10-11,16H,5,7,9,12H2,1-2H3,(H,22,25). The van der Waals surface area contributed by atoms with Gasteiger partial charge in [0.15, 0.2) is 5.76 Å². The van der Waals surface area contributed by atoms with Crippen LogP contribution < -0.4 is 5.32 Å². The highest BCUT2D eigenvalue weighted by Crippen LogP contribution is 2.28. The molecule has 0 spiro atoms. The van der Waals surface area contributed by atoms with Crippen molar-refractivity contribution >= 4 is 32.5 Å². The van der Waals surface area contributed by atoms with E-state index in [1.807, 2.05) is 30.3 Å². The predicted molar refractivity (Wildman–Crippen MR) is 108 cm³/mol. The van der Waals surface area contributed by atoms with E-state index in [0.717, 1.165) is 10.9 Å². The molecule has 0 saturated carbocycles. The van der Waals surface area contributed by atoms with Crippen molar-refractivity contribution in [1.29, 1.82) is 0 Å². The summed E-state index contributed by atoms with van der Waals surface area (Å²) in [7, 11) is -3.76. The molecule has 2 aromatic heterocycles. The Labute approximate surface area is 169 Å². The Bertz CT molecular complexity index is 1150. The van der Waals surface area contributed by atoms with Crippen molar-refractivity contribution < 1.29 is 17.7 Å². The summed E-state index contributed by atoms with van der Waals surface area (Å²) in [5.74, 6) is -0.387. The zero-order valence-electron chi connectivity index (χ0n) is 16.3. The van der Waals surface area contributed by atoms with Crippen molar-refractivity contribution in [2.75, 3.05) is 18.4 Å². The zero-order chi connectivity index (χ0) is 20.6. The minimum atomic E-state index is -3.76. The molecule has 3 heterocycles. The first-order valence-corrected chi connectivity index (χ1v) is 10.9. The highest BCUT2D eigenvalue weighted by Gasteiger charge is 2.36. The number of pyridine rings is 1. The Hall–Kier alpha value is -2.78. The van der Waals surface area contributed by atoms with Crippen LogP contribution >= 0.6 is 0 Å². The minimum Gasteiger partial charge on any atom is -0.360 e. The molecule has 1 aliphatic rings. The van der Waals surface area contributed by atoms with Crippen LogP contribution in [0.2, 0.25) is 0 Å². The average molecular weight is 414 g/mol. The maximum absolute atomic E-state index is 13.0. The van der Waals surface area contributed by atoms with Crippen molar-refractivity contribution in [2.24, 2.45) is 5.92 Å². The number of aryl methyl sites for hydroxylation is 2. The number of hydrogen-bond acceptors (Lipinski definition) is 6. The Morgan fingerprint density at radius 1 is 1.28 bits per heavy atom. The molecule has 1 atom stereocenters. The molecule has 8 nitrogen and oxygen atoms in total. The van der Waals surface area contributed by atoms with Crippen LogP contribution in [0.4, 0.5) is 5.69 Å². The van der Waals surface area contributed by atoms with E-state index < -0.39 is 15.9 Å². The van der Waals surface area contributed by atoms with E-state index in [2.05, 4.69) is 15.5 Å². The molecule has 1 saturated heterocycles. The quantitative estimate of drug-likeness (QED) is 0.704. The number of rotatable bonds is 4. The van der Waals surface area contributed by atoms with Gasteiger partial charge in [0.1, 0.15) is 10.6 Å². The lowest BCUT2D eigenvalue weighted by atomic mass is 9.99. The van der Waals surface area contributed by atoms with Crippen LogP contribution in [0.15, 0.2) is 45.9 Å². The molecule has 4 rings (SSSR count). The van der Waals surface area contributed by atoms with Crippen LogP contribution in [0.25, 0.3) is 10.9 Å². The number of sulfonamides is 1. The third-order valence-corrected chi connectivity index (χ3v) is 7.29. The number of benzene rings is 1. The first-order chi connectivity index (χ1) is 13.9. The fourth-order valence-electron chi connectivity index (χ4n) is 3.73. The zero-order valence-corrected chi connectivity index (χ0v) is 17.1. The first kappa shape index (κ1) is 19.5. The van der Waals surface area contributed by atoms with E-state index in [1.54, 1.807) is 20.0 Å². The van der Waals surface area contributed by atoms with Crippen LogP contribution in [-0.4, -0.2) is 41.9 Å². The van der Waals surface area contributed by atoms with Crippen molar-refractivity contribution in [2.45, 2.75) is 31.6 Å². The Morgan fingerprint density at radius 3 is 2.83 bits per heavy atom. The van der Waals surface area contributed by atoms with Crippen LogP contribution in [0.1, 0.15) is 24.3 Å². The van der Waals surface area contributed by atoms with Gasteiger partial charge in [-0.15, -0.1) is 0 Å². The Balaban J connectivity index is 1.51. The number of amides is 1. The van der Waals surface area contributed by atoms with Gasteiger partial charge < -0.3 is 9.84 Å². The van der Waals surface area contributed by atoms with E-state index in [0.29, 0.717) is 30.8 Å². The minimum absolute atomic E-state index is 0.0947. The monoisotopic (exact) mass is 414 g/mol. The normalized spacial score (nSPS) is 18.1. The van der Waals surface area contributed by atoms with Gasteiger partial charge in [-0.05, 0) is 38.8 Å². The fraction of sp³-hybridized carbons (Fsp3) is 0.350. The van der Waals surface area contributed by atoms with E-state index in [-0.39, 0.29) is 23.1 Å². The summed E-state index contributed by atoms with van der Waals surface area (Å²) >= 11 is 0. The van der Waals surface area contributed by atoms with Crippen molar-refractivity contribution in [3.8, 4) is 0 Å². The second kappa shape index (κ2) is 7.57. The lowest BCUT2D eigenvalue weighted by molar-refractivity contribution is -0.120. The molecular weight excluding hydrogens is 392 g/mol. The summed E-state index contributed by atoms with van der Waals surface area (Å²) < 4.78 is 32.5. The number of nitrogens with one attached hydrogen (secondary N) is 1. The number of nitrogens with zero attached hydrogens (tertiary/aromatic N) is 3. The van der Waals surface area contributed by atoms with Crippen molar-refractivity contribution in [3.63, 3.8) is 0 Å². The van der Waals surface area contributed by atoms with E-state index in [1.165, 1.54) is 4.31 Å². The Kier molecular flexibility index (Phi) is 5.10. The third kappa shape index (κ3) is 3.75. The number of fused-ring (bicyclic) bond motifs is 1. The second-order valence-corrected chi connectivity index (χ2v) is 9.14. The number of piperidine rings is 1. The average Bonchev–Trinajstić information content (AvgIpc) is 3.07. The highest BCUT2D eigenvalue weighted by molar-refractivity contribution is 7.89. The van der Waals surface area contributed by atoms with Gasteiger partial charge in [-0.2, -0.15) is 4.31 Å². The molecule has 1 aromatic carbocycles. The fourth-order valence-corrected chi connectivity index (χ4v) is 5.55. The Morgan fingerprint density at radius 2 is 2.07 bits per heavy atom. The second-order valence-electron chi connectivity index (χ2n) is 7.26. The van der Waals surface area contributed by atoms with Gasteiger partial charge in [-0.25, -0.2) is 8.42 Å². The molecule has 9 heteroatoms. The van der Waals surface area contributed by atoms with Gasteiger partial charge >= 0.3 is 0 Å². The number of carbonyl (C=O) groups is 1. The summed E-state index contributed by atoms with van der Waals surface area (Å²) in [6.07, 6.45) is 2.85. The summed E-state index contributed by atoms with van der Waals surface area (Å²) in [4.78, 5) is 17.2. The lowest BCUT2D eigenvalue weighted by Gasteiger charge is -2.31. The van der Waals surface area contributed by atoms with Gasteiger partial charge in [0.05, 0.1) is 23.3 Å². The SMILES string of the molecule is Cc1noc(C)c1S(=O)(=O)N1CCCC(C(=O)Nc2cnc3ccccc3c2)C1. The van der Waals surface area contributed by atoms with E-state index in [9.17, 15) is 13.2 Å². The van der Waals surface area contributed by atoms with Crippen LogP contribution in [0.5, 0.6) is 0 Å². The number of carbonyl (C=O) groups excluding carboxylic acids is 1. The summed E-state index contributed by atoms with van der Waals surface area (Å²) in [5.41, 5.74) is 1.77. The van der Waals surface area contributed by atoms with E-state index >= 15 is 0 Å². The summed E-state index contributed by atoms with van der Waals surface area (Å²) in [6.45, 7) is 3.67. The van der Waals surface area contributed by atoms with Gasteiger partial charge in [-0.3, -0.25) is 9.78 Å². The van der Waals surface area contributed by atoms with Gasteiger partial charge in [0.2, 0.25) is 15.9 Å². The molecule has 1 unspecified atom stereocenters. The summed E-state index contributed by atoms with van der Waals surface area (Å²) in [5, 5.41) is 7.55. The number of hydrogen-bond donors (Lipinski definition) is 1.